The van der Waals surface area contributed by atoms with Crippen molar-refractivity contribution in [3.05, 3.63) is 0 Å². The van der Waals surface area contributed by atoms with E-state index in [0.29, 0.717) is 19.8 Å². The molecule has 0 amide bonds. The Morgan fingerprint density at radius 2 is 2.21 bits per heavy atom. The van der Waals surface area contributed by atoms with Crippen molar-refractivity contribution < 1.29 is 18.3 Å². The normalized spacial score (nSPS) is 30.7. The van der Waals surface area contributed by atoms with E-state index in [9.17, 15) is 13.5 Å². The van der Waals surface area contributed by atoms with Gasteiger partial charge in [-0.3, -0.25) is 0 Å². The molecule has 0 aromatic heterocycles. The molecule has 1 aliphatic heterocycles. The highest BCUT2D eigenvalue weighted by Gasteiger charge is 2.35. The lowest BCUT2D eigenvalue weighted by atomic mass is 10.2. The van der Waals surface area contributed by atoms with E-state index in [4.69, 9.17) is 4.74 Å². The van der Waals surface area contributed by atoms with Crippen molar-refractivity contribution in [3.63, 3.8) is 0 Å². The van der Waals surface area contributed by atoms with Crippen molar-refractivity contribution in [2.75, 3.05) is 31.3 Å². The van der Waals surface area contributed by atoms with Crippen molar-refractivity contribution in [3.8, 4) is 0 Å². The van der Waals surface area contributed by atoms with Crippen molar-refractivity contribution in [2.24, 2.45) is 0 Å². The molecule has 6 heteroatoms. The maximum absolute atomic E-state index is 11.1. The van der Waals surface area contributed by atoms with E-state index in [1.807, 2.05) is 6.92 Å². The average molecular weight is 223 g/mol. The van der Waals surface area contributed by atoms with Crippen molar-refractivity contribution in [1.82, 2.24) is 5.32 Å². The van der Waals surface area contributed by atoms with Crippen molar-refractivity contribution in [1.29, 1.82) is 0 Å². The van der Waals surface area contributed by atoms with Crippen LogP contribution >= 0.6 is 0 Å². The molecule has 0 spiro atoms. The second-order valence-corrected chi connectivity index (χ2v) is 5.56. The van der Waals surface area contributed by atoms with Crippen molar-refractivity contribution >= 4 is 9.84 Å². The summed E-state index contributed by atoms with van der Waals surface area (Å²) in [6, 6.07) is -0.333. The Bertz CT molecular complexity index is 265. The molecular weight excluding hydrogens is 206 g/mol. The molecule has 1 saturated heterocycles. The van der Waals surface area contributed by atoms with E-state index in [1.54, 1.807) is 0 Å². The summed E-state index contributed by atoms with van der Waals surface area (Å²) >= 11 is 0. The topological polar surface area (TPSA) is 75.6 Å². The van der Waals surface area contributed by atoms with Gasteiger partial charge in [-0.05, 0) is 6.92 Å². The van der Waals surface area contributed by atoms with Crippen LogP contribution in [0.3, 0.4) is 0 Å². The van der Waals surface area contributed by atoms with Gasteiger partial charge in [-0.25, -0.2) is 8.42 Å². The first-order valence-electron chi connectivity index (χ1n) is 4.75. The van der Waals surface area contributed by atoms with Gasteiger partial charge in [-0.15, -0.1) is 0 Å². The van der Waals surface area contributed by atoms with Crippen LogP contribution in [0.4, 0.5) is 0 Å². The standard InChI is InChI=1S/C8H17NO4S/c1-2-13-4-3-9-7-5-14(11,12)6-8(7)10/h7-10H,2-6H2,1H3. The molecule has 1 aliphatic rings. The van der Waals surface area contributed by atoms with Gasteiger partial charge >= 0.3 is 0 Å². The highest BCUT2D eigenvalue weighted by Crippen LogP contribution is 2.11. The van der Waals surface area contributed by atoms with Crippen LogP contribution in [0.15, 0.2) is 0 Å². The highest BCUT2D eigenvalue weighted by molar-refractivity contribution is 7.91. The second kappa shape index (κ2) is 5.06. The first-order valence-corrected chi connectivity index (χ1v) is 6.57. The zero-order chi connectivity index (χ0) is 10.6. The van der Waals surface area contributed by atoms with Gasteiger partial charge in [0.05, 0.1) is 24.2 Å². The summed E-state index contributed by atoms with van der Waals surface area (Å²) in [4.78, 5) is 0. The molecule has 14 heavy (non-hydrogen) atoms. The lowest BCUT2D eigenvalue weighted by Crippen LogP contribution is -2.40. The molecule has 1 fully saturated rings. The molecule has 0 bridgehead atoms. The molecule has 2 N–H and O–H groups in total. The van der Waals surface area contributed by atoms with E-state index >= 15 is 0 Å². The van der Waals surface area contributed by atoms with Crippen LogP contribution in [0.2, 0.25) is 0 Å². The van der Waals surface area contributed by atoms with Gasteiger partial charge in [-0.2, -0.15) is 0 Å². The third kappa shape index (κ3) is 3.53. The third-order valence-corrected chi connectivity index (χ3v) is 3.90. The number of sulfone groups is 1. The number of rotatable bonds is 5. The Morgan fingerprint density at radius 3 is 2.71 bits per heavy atom. The van der Waals surface area contributed by atoms with Crippen LogP contribution in [-0.2, 0) is 14.6 Å². The zero-order valence-electron chi connectivity index (χ0n) is 8.27. The van der Waals surface area contributed by atoms with E-state index in [2.05, 4.69) is 5.32 Å². The van der Waals surface area contributed by atoms with Crippen LogP contribution in [0.5, 0.6) is 0 Å². The summed E-state index contributed by atoms with van der Waals surface area (Å²) in [5, 5.41) is 12.4. The Morgan fingerprint density at radius 1 is 1.50 bits per heavy atom. The minimum atomic E-state index is -3.04. The van der Waals surface area contributed by atoms with Crippen LogP contribution < -0.4 is 5.32 Å². The first kappa shape index (κ1) is 11.9. The minimum absolute atomic E-state index is 0.0281. The monoisotopic (exact) mass is 223 g/mol. The SMILES string of the molecule is CCOCCNC1CS(=O)(=O)CC1O. The Balaban J connectivity index is 2.25. The molecule has 2 atom stereocenters. The van der Waals surface area contributed by atoms with Crippen LogP contribution in [-0.4, -0.2) is 56.9 Å². The summed E-state index contributed by atoms with van der Waals surface area (Å²) in [6.45, 7) is 3.66. The predicted octanol–water partition coefficient (Wildman–Crippen LogP) is -1.23. The lowest BCUT2D eigenvalue weighted by Gasteiger charge is -2.14. The van der Waals surface area contributed by atoms with Gasteiger partial charge in [0.25, 0.3) is 0 Å². The summed E-state index contributed by atoms with van der Waals surface area (Å²) in [5.74, 6) is -0.0976. The Kier molecular flexibility index (Phi) is 4.31. The van der Waals surface area contributed by atoms with E-state index in [-0.39, 0.29) is 17.5 Å². The quantitative estimate of drug-likeness (QED) is 0.571. The number of aliphatic hydroxyl groups is 1. The van der Waals surface area contributed by atoms with E-state index < -0.39 is 15.9 Å². The molecular formula is C8H17NO4S. The summed E-state index contributed by atoms with van der Waals surface area (Å²) in [6.07, 6.45) is -0.776. The molecule has 0 aromatic carbocycles. The summed E-state index contributed by atoms with van der Waals surface area (Å²) < 4.78 is 27.3. The highest BCUT2D eigenvalue weighted by atomic mass is 32.2. The summed E-state index contributed by atoms with van der Waals surface area (Å²) in [7, 11) is -3.04. The predicted molar refractivity (Wildman–Crippen MR) is 52.9 cm³/mol. The van der Waals surface area contributed by atoms with Gasteiger partial charge < -0.3 is 15.2 Å². The largest absolute Gasteiger partial charge is 0.390 e. The van der Waals surface area contributed by atoms with Gasteiger partial charge in [0.15, 0.2) is 9.84 Å². The first-order chi connectivity index (χ1) is 6.55. The fourth-order valence-electron chi connectivity index (χ4n) is 1.48. The van der Waals surface area contributed by atoms with Crippen LogP contribution in [0, 0.1) is 0 Å². The minimum Gasteiger partial charge on any atom is -0.390 e. The molecule has 0 aliphatic carbocycles. The van der Waals surface area contributed by atoms with Gasteiger partial charge in [0.1, 0.15) is 0 Å². The van der Waals surface area contributed by atoms with Crippen LogP contribution in [0.1, 0.15) is 6.92 Å². The smallest absolute Gasteiger partial charge is 0.154 e. The third-order valence-electron chi connectivity index (χ3n) is 2.18. The number of nitrogens with one attached hydrogen (secondary N) is 1. The fraction of sp³-hybridized carbons (Fsp3) is 1.00. The molecule has 84 valence electrons. The van der Waals surface area contributed by atoms with Crippen LogP contribution in [0.25, 0.3) is 0 Å². The van der Waals surface area contributed by atoms with Gasteiger partial charge in [0, 0.05) is 19.2 Å². The molecule has 2 unspecified atom stereocenters. The zero-order valence-corrected chi connectivity index (χ0v) is 9.09. The Hall–Kier alpha value is -0.170. The lowest BCUT2D eigenvalue weighted by molar-refractivity contribution is 0.131. The van der Waals surface area contributed by atoms with Gasteiger partial charge in [0.2, 0.25) is 0 Å². The number of hydrogen-bond donors (Lipinski definition) is 2. The molecule has 5 nitrogen and oxygen atoms in total. The van der Waals surface area contributed by atoms with E-state index in [0.717, 1.165) is 0 Å². The number of ether oxygens (including phenoxy) is 1. The summed E-state index contributed by atoms with van der Waals surface area (Å²) in [5.41, 5.74) is 0. The molecule has 1 rings (SSSR count). The Labute approximate surface area is 84.4 Å². The molecule has 0 saturated carbocycles. The molecule has 0 radical (unpaired) electrons. The average Bonchev–Trinajstić information content (AvgIpc) is 2.34. The maximum atomic E-state index is 11.1. The van der Waals surface area contributed by atoms with Crippen molar-refractivity contribution in [2.45, 2.75) is 19.1 Å². The molecule has 1 heterocycles. The molecule has 0 aromatic rings. The maximum Gasteiger partial charge on any atom is 0.154 e. The fourth-order valence-corrected chi connectivity index (χ4v) is 3.26. The van der Waals surface area contributed by atoms with E-state index in [1.165, 1.54) is 0 Å². The number of aliphatic hydroxyl groups excluding tert-OH is 1. The second-order valence-electron chi connectivity index (χ2n) is 3.40. The number of hydrogen-bond acceptors (Lipinski definition) is 5. The van der Waals surface area contributed by atoms with Gasteiger partial charge in [-0.1, -0.05) is 0 Å².